The van der Waals surface area contributed by atoms with Crippen molar-refractivity contribution in [2.24, 2.45) is 5.10 Å². The average molecular weight is 284 g/mol. The molecule has 4 heteroatoms. The van der Waals surface area contributed by atoms with Crippen LogP contribution < -0.4 is 5.43 Å². The molecule has 0 radical (unpaired) electrons. The van der Waals surface area contributed by atoms with E-state index in [0.29, 0.717) is 0 Å². The first-order valence-corrected chi connectivity index (χ1v) is 7.43. The van der Waals surface area contributed by atoms with Gasteiger partial charge in [0.05, 0.1) is 5.25 Å². The van der Waals surface area contributed by atoms with Crippen molar-refractivity contribution in [3.8, 4) is 0 Å². The second-order valence-corrected chi connectivity index (χ2v) is 6.12. The lowest BCUT2D eigenvalue weighted by Crippen LogP contribution is -2.50. The smallest absolute Gasteiger partial charge is 0.189 e. The monoisotopic (exact) mass is 284 g/mol. The van der Waals surface area contributed by atoms with Gasteiger partial charge in [0.15, 0.2) is 5.72 Å². The zero-order valence-electron chi connectivity index (χ0n) is 11.2. The third kappa shape index (κ3) is 2.32. The minimum atomic E-state index is -1.13. The molecular weight excluding hydrogens is 268 g/mol. The van der Waals surface area contributed by atoms with Crippen molar-refractivity contribution in [3.05, 3.63) is 71.8 Å². The van der Waals surface area contributed by atoms with Crippen LogP contribution in [-0.4, -0.2) is 15.4 Å². The number of rotatable bonds is 2. The Kier molecular flexibility index (Phi) is 3.51. The molecule has 1 heterocycles. The first kappa shape index (κ1) is 13.2. The molecule has 0 aromatic heterocycles. The van der Waals surface area contributed by atoms with Gasteiger partial charge in [-0.1, -0.05) is 72.4 Å². The molecular formula is C16H16N2OS. The summed E-state index contributed by atoms with van der Waals surface area (Å²) in [5.41, 5.74) is 3.69. The van der Waals surface area contributed by atoms with Gasteiger partial charge in [-0.3, -0.25) is 5.43 Å². The summed E-state index contributed by atoms with van der Waals surface area (Å²) in [5.74, 6) is 0. The van der Waals surface area contributed by atoms with Gasteiger partial charge in [-0.2, -0.15) is 5.10 Å². The van der Waals surface area contributed by atoms with Crippen LogP contribution in [-0.2, 0) is 5.72 Å². The first-order valence-electron chi connectivity index (χ1n) is 6.55. The number of nitrogens with zero attached hydrogens (tertiary/aromatic N) is 1. The van der Waals surface area contributed by atoms with E-state index < -0.39 is 5.72 Å². The SMILES string of the molecule is CC1SC(c2ccccc2)=NNC1(O)c1ccccc1. The predicted octanol–water partition coefficient (Wildman–Crippen LogP) is 2.92. The lowest BCUT2D eigenvalue weighted by molar-refractivity contribution is 0.00215. The Balaban J connectivity index is 1.91. The zero-order valence-corrected chi connectivity index (χ0v) is 12.0. The highest BCUT2D eigenvalue weighted by atomic mass is 32.2. The van der Waals surface area contributed by atoms with Crippen LogP contribution in [0.3, 0.4) is 0 Å². The van der Waals surface area contributed by atoms with E-state index in [1.54, 1.807) is 11.8 Å². The number of aliphatic hydroxyl groups is 1. The largest absolute Gasteiger partial charge is 0.365 e. The van der Waals surface area contributed by atoms with Crippen LogP contribution in [0.1, 0.15) is 18.1 Å². The summed E-state index contributed by atoms with van der Waals surface area (Å²) in [6.07, 6.45) is 0. The maximum absolute atomic E-state index is 10.8. The van der Waals surface area contributed by atoms with E-state index in [9.17, 15) is 5.11 Å². The fourth-order valence-corrected chi connectivity index (χ4v) is 3.28. The molecule has 2 aromatic carbocycles. The lowest BCUT2D eigenvalue weighted by atomic mass is 10.0. The number of nitrogens with one attached hydrogen (secondary N) is 1. The summed E-state index contributed by atoms with van der Waals surface area (Å²) >= 11 is 1.58. The highest BCUT2D eigenvalue weighted by Crippen LogP contribution is 2.35. The Morgan fingerprint density at radius 2 is 1.65 bits per heavy atom. The van der Waals surface area contributed by atoms with Crippen molar-refractivity contribution in [1.82, 2.24) is 5.43 Å². The van der Waals surface area contributed by atoms with E-state index in [2.05, 4.69) is 10.5 Å². The average Bonchev–Trinajstić information content (AvgIpc) is 2.52. The number of thioether (sulfide) groups is 1. The minimum Gasteiger partial charge on any atom is -0.365 e. The standard InChI is InChI=1S/C16H16N2OS/c1-12-16(19,14-10-6-3-7-11-14)18-17-15(20-12)13-8-4-2-5-9-13/h2-12,18-19H,1H3. The quantitative estimate of drug-likeness (QED) is 0.891. The van der Waals surface area contributed by atoms with E-state index in [0.717, 1.165) is 16.2 Å². The van der Waals surface area contributed by atoms with Crippen LogP contribution in [0.4, 0.5) is 0 Å². The summed E-state index contributed by atoms with van der Waals surface area (Å²) in [5, 5.41) is 16.1. The highest BCUT2D eigenvalue weighted by molar-refractivity contribution is 8.15. The van der Waals surface area contributed by atoms with Gasteiger partial charge in [0.25, 0.3) is 0 Å². The van der Waals surface area contributed by atoms with Crippen LogP contribution in [0.2, 0.25) is 0 Å². The van der Waals surface area contributed by atoms with Crippen molar-refractivity contribution in [2.45, 2.75) is 17.9 Å². The Bertz CT molecular complexity index is 615. The van der Waals surface area contributed by atoms with Gasteiger partial charge in [-0.05, 0) is 6.92 Å². The van der Waals surface area contributed by atoms with Gasteiger partial charge in [0, 0.05) is 11.1 Å². The summed E-state index contributed by atoms with van der Waals surface area (Å²) < 4.78 is 0. The molecule has 0 amide bonds. The van der Waals surface area contributed by atoms with Gasteiger partial charge in [-0.25, -0.2) is 0 Å². The molecule has 0 bridgehead atoms. The number of hydrogen-bond acceptors (Lipinski definition) is 4. The molecule has 2 unspecified atom stereocenters. The molecule has 1 aliphatic rings. The van der Waals surface area contributed by atoms with Crippen molar-refractivity contribution in [3.63, 3.8) is 0 Å². The van der Waals surface area contributed by atoms with Gasteiger partial charge in [0.2, 0.25) is 0 Å². The normalized spacial score (nSPS) is 25.7. The molecule has 3 nitrogen and oxygen atoms in total. The van der Waals surface area contributed by atoms with Crippen molar-refractivity contribution < 1.29 is 5.11 Å². The third-order valence-electron chi connectivity index (χ3n) is 3.44. The Hall–Kier alpha value is -1.78. The van der Waals surface area contributed by atoms with Gasteiger partial charge >= 0.3 is 0 Å². The molecule has 2 aromatic rings. The van der Waals surface area contributed by atoms with E-state index in [4.69, 9.17) is 0 Å². The third-order valence-corrected chi connectivity index (χ3v) is 4.68. The number of hydrazone groups is 1. The number of hydrogen-bond donors (Lipinski definition) is 2. The molecule has 3 rings (SSSR count). The van der Waals surface area contributed by atoms with Crippen LogP contribution in [0.15, 0.2) is 65.8 Å². The van der Waals surface area contributed by atoms with E-state index in [1.807, 2.05) is 67.6 Å². The molecule has 20 heavy (non-hydrogen) atoms. The second-order valence-electron chi connectivity index (χ2n) is 4.79. The number of benzene rings is 2. The maximum Gasteiger partial charge on any atom is 0.189 e. The van der Waals surface area contributed by atoms with E-state index in [-0.39, 0.29) is 5.25 Å². The van der Waals surface area contributed by atoms with Crippen LogP contribution >= 0.6 is 11.8 Å². The Morgan fingerprint density at radius 1 is 1.05 bits per heavy atom. The summed E-state index contributed by atoms with van der Waals surface area (Å²) in [6.45, 7) is 2.00. The summed E-state index contributed by atoms with van der Waals surface area (Å²) in [6, 6.07) is 19.6. The van der Waals surface area contributed by atoms with Crippen molar-refractivity contribution >= 4 is 16.8 Å². The molecule has 2 atom stereocenters. The molecule has 0 fully saturated rings. The van der Waals surface area contributed by atoms with Crippen LogP contribution in [0.25, 0.3) is 0 Å². The van der Waals surface area contributed by atoms with E-state index >= 15 is 0 Å². The predicted molar refractivity (Wildman–Crippen MR) is 83.5 cm³/mol. The Labute approximate surface area is 122 Å². The summed E-state index contributed by atoms with van der Waals surface area (Å²) in [7, 11) is 0. The molecule has 1 aliphatic heterocycles. The van der Waals surface area contributed by atoms with Gasteiger partial charge in [-0.15, -0.1) is 0 Å². The highest BCUT2D eigenvalue weighted by Gasteiger charge is 2.40. The minimum absolute atomic E-state index is 0.0439. The second kappa shape index (κ2) is 5.31. The van der Waals surface area contributed by atoms with Crippen molar-refractivity contribution in [2.75, 3.05) is 0 Å². The van der Waals surface area contributed by atoms with Gasteiger partial charge < -0.3 is 5.11 Å². The lowest BCUT2D eigenvalue weighted by Gasteiger charge is -2.37. The maximum atomic E-state index is 10.8. The molecule has 0 aliphatic carbocycles. The first-order chi connectivity index (χ1) is 9.70. The fraction of sp³-hybridized carbons (Fsp3) is 0.188. The molecule has 0 saturated carbocycles. The topological polar surface area (TPSA) is 44.6 Å². The molecule has 102 valence electrons. The van der Waals surface area contributed by atoms with E-state index in [1.165, 1.54) is 0 Å². The zero-order chi connectivity index (χ0) is 14.0. The van der Waals surface area contributed by atoms with Crippen LogP contribution in [0.5, 0.6) is 0 Å². The van der Waals surface area contributed by atoms with Crippen molar-refractivity contribution in [1.29, 1.82) is 0 Å². The summed E-state index contributed by atoms with van der Waals surface area (Å²) in [4.78, 5) is 0. The molecule has 0 spiro atoms. The molecule has 0 saturated heterocycles. The van der Waals surface area contributed by atoms with Crippen LogP contribution in [0, 0.1) is 0 Å². The van der Waals surface area contributed by atoms with Gasteiger partial charge in [0.1, 0.15) is 5.04 Å². The molecule has 2 N–H and O–H groups in total. The Morgan fingerprint density at radius 3 is 2.25 bits per heavy atom. The fourth-order valence-electron chi connectivity index (χ4n) is 2.21.